The molecule has 30 heavy (non-hydrogen) atoms. The van der Waals surface area contributed by atoms with Crippen LogP contribution in [0.3, 0.4) is 0 Å². The number of nitrogens with zero attached hydrogens (tertiary/aromatic N) is 3. The zero-order valence-electron chi connectivity index (χ0n) is 16.8. The molecule has 1 N–H and O–H groups in total. The molecule has 0 saturated heterocycles. The number of esters is 1. The van der Waals surface area contributed by atoms with Crippen molar-refractivity contribution < 1.29 is 14.3 Å². The van der Waals surface area contributed by atoms with Crippen LogP contribution in [0.25, 0.3) is 10.9 Å². The Morgan fingerprint density at radius 1 is 1.30 bits per heavy atom. The molecule has 0 aliphatic heterocycles. The highest BCUT2D eigenvalue weighted by Crippen LogP contribution is 2.28. The van der Waals surface area contributed by atoms with Crippen molar-refractivity contribution in [3.8, 4) is 6.07 Å². The second-order valence-corrected chi connectivity index (χ2v) is 8.23. The third-order valence-corrected chi connectivity index (χ3v) is 6.20. The van der Waals surface area contributed by atoms with Gasteiger partial charge < -0.3 is 10.1 Å². The van der Waals surface area contributed by atoms with E-state index >= 15 is 0 Å². The maximum Gasteiger partial charge on any atom is 0.307 e. The van der Waals surface area contributed by atoms with Crippen LogP contribution >= 0.6 is 11.8 Å². The molecular formula is C21H24N4O4S. The molecule has 0 bridgehead atoms. The highest BCUT2D eigenvalue weighted by Gasteiger charge is 2.33. The van der Waals surface area contributed by atoms with Crippen LogP contribution in [0.2, 0.25) is 0 Å². The lowest BCUT2D eigenvalue weighted by Crippen LogP contribution is -2.49. The number of nitrogens with one attached hydrogen (secondary N) is 1. The van der Waals surface area contributed by atoms with E-state index in [0.29, 0.717) is 28.9 Å². The fourth-order valence-corrected chi connectivity index (χ4v) is 4.44. The number of carbonyl (C=O) groups excluding carboxylic acids is 2. The predicted molar refractivity (Wildman–Crippen MR) is 113 cm³/mol. The molecule has 9 heteroatoms. The SMILES string of the molecule is COC(=O)CCn1c(SCC(=O)NC2(C#N)CCCCC2)nc2ccccc2c1=O. The summed E-state index contributed by atoms with van der Waals surface area (Å²) >= 11 is 1.12. The van der Waals surface area contributed by atoms with E-state index in [0.717, 1.165) is 31.0 Å². The summed E-state index contributed by atoms with van der Waals surface area (Å²) in [5, 5.41) is 13.2. The Hall–Kier alpha value is -2.86. The van der Waals surface area contributed by atoms with Crippen LogP contribution in [-0.4, -0.2) is 39.8 Å². The number of hydrogen-bond acceptors (Lipinski definition) is 7. The Morgan fingerprint density at radius 2 is 2.03 bits per heavy atom. The molecule has 0 radical (unpaired) electrons. The Morgan fingerprint density at radius 3 is 2.73 bits per heavy atom. The van der Waals surface area contributed by atoms with Crippen molar-refractivity contribution in [1.29, 1.82) is 5.26 Å². The number of rotatable bonds is 7. The van der Waals surface area contributed by atoms with E-state index < -0.39 is 11.5 Å². The molecule has 1 aromatic carbocycles. The number of methoxy groups -OCH3 is 1. The summed E-state index contributed by atoms with van der Waals surface area (Å²) in [6, 6.07) is 9.22. The summed E-state index contributed by atoms with van der Waals surface area (Å²) < 4.78 is 6.07. The molecule has 0 atom stereocenters. The van der Waals surface area contributed by atoms with Gasteiger partial charge in [-0.05, 0) is 25.0 Å². The number of aromatic nitrogens is 2. The first-order valence-electron chi connectivity index (χ1n) is 9.89. The second kappa shape index (κ2) is 9.76. The van der Waals surface area contributed by atoms with E-state index in [1.54, 1.807) is 24.3 Å². The normalized spacial score (nSPS) is 15.3. The molecule has 8 nitrogen and oxygen atoms in total. The molecule has 1 aliphatic rings. The molecule has 1 fully saturated rings. The average Bonchev–Trinajstić information content (AvgIpc) is 2.77. The van der Waals surface area contributed by atoms with Crippen LogP contribution < -0.4 is 10.9 Å². The summed E-state index contributed by atoms with van der Waals surface area (Å²) in [4.78, 5) is 41.6. The van der Waals surface area contributed by atoms with Gasteiger partial charge in [-0.15, -0.1) is 0 Å². The number of thioether (sulfide) groups is 1. The van der Waals surface area contributed by atoms with Gasteiger partial charge in [0, 0.05) is 6.54 Å². The lowest BCUT2D eigenvalue weighted by atomic mass is 9.83. The molecule has 0 unspecified atom stereocenters. The first kappa shape index (κ1) is 21.8. The fraction of sp³-hybridized carbons (Fsp3) is 0.476. The van der Waals surface area contributed by atoms with Gasteiger partial charge in [0.1, 0.15) is 5.54 Å². The lowest BCUT2D eigenvalue weighted by molar-refractivity contribution is -0.140. The second-order valence-electron chi connectivity index (χ2n) is 7.29. The van der Waals surface area contributed by atoms with E-state index in [-0.39, 0.29) is 30.2 Å². The maximum absolute atomic E-state index is 12.9. The van der Waals surface area contributed by atoms with Gasteiger partial charge in [-0.2, -0.15) is 5.26 Å². The molecule has 0 spiro atoms. The predicted octanol–water partition coefficient (Wildman–Crippen LogP) is 2.39. The van der Waals surface area contributed by atoms with Gasteiger partial charge in [0.15, 0.2) is 5.16 Å². The number of fused-ring (bicyclic) bond motifs is 1. The summed E-state index contributed by atoms with van der Waals surface area (Å²) in [7, 11) is 1.29. The minimum atomic E-state index is -0.808. The van der Waals surface area contributed by atoms with Gasteiger partial charge in [0.25, 0.3) is 5.56 Å². The van der Waals surface area contributed by atoms with Gasteiger partial charge in [-0.25, -0.2) is 4.98 Å². The van der Waals surface area contributed by atoms with Crippen LogP contribution in [0.5, 0.6) is 0 Å². The Bertz CT molecular complexity index is 1040. The van der Waals surface area contributed by atoms with Gasteiger partial charge in [-0.1, -0.05) is 43.2 Å². The molecule has 2 aromatic rings. The van der Waals surface area contributed by atoms with Crippen molar-refractivity contribution in [1.82, 2.24) is 14.9 Å². The van der Waals surface area contributed by atoms with Crippen LogP contribution in [0.15, 0.2) is 34.2 Å². The largest absolute Gasteiger partial charge is 0.469 e. The topological polar surface area (TPSA) is 114 Å². The third-order valence-electron chi connectivity index (χ3n) is 5.23. The molecule has 3 rings (SSSR count). The van der Waals surface area contributed by atoms with E-state index in [1.165, 1.54) is 11.7 Å². The van der Waals surface area contributed by atoms with Gasteiger partial charge in [-0.3, -0.25) is 19.0 Å². The molecule has 1 saturated carbocycles. The van der Waals surface area contributed by atoms with E-state index in [4.69, 9.17) is 0 Å². The first-order chi connectivity index (χ1) is 14.5. The number of nitriles is 1. The van der Waals surface area contributed by atoms with Crippen LogP contribution in [-0.2, 0) is 20.9 Å². The van der Waals surface area contributed by atoms with Crippen molar-refractivity contribution in [2.24, 2.45) is 0 Å². The fourth-order valence-electron chi connectivity index (χ4n) is 3.61. The van der Waals surface area contributed by atoms with Crippen molar-refractivity contribution in [2.75, 3.05) is 12.9 Å². The van der Waals surface area contributed by atoms with Crippen LogP contribution in [0.1, 0.15) is 38.5 Å². The van der Waals surface area contributed by atoms with Crippen molar-refractivity contribution in [2.45, 2.75) is 55.8 Å². The number of hydrogen-bond donors (Lipinski definition) is 1. The monoisotopic (exact) mass is 428 g/mol. The average molecular weight is 429 g/mol. The number of para-hydroxylation sites is 1. The maximum atomic E-state index is 12.9. The van der Waals surface area contributed by atoms with Crippen molar-refractivity contribution in [3.63, 3.8) is 0 Å². The number of amides is 1. The standard InChI is InChI=1S/C21H24N4O4S/c1-29-18(27)9-12-25-19(28)15-7-3-4-8-16(15)23-20(25)30-13-17(26)24-21(14-22)10-5-2-6-11-21/h3-4,7-8H,2,5-6,9-13H2,1H3,(H,24,26). The lowest BCUT2D eigenvalue weighted by Gasteiger charge is -2.31. The number of carbonyl (C=O) groups is 2. The van der Waals surface area contributed by atoms with Crippen LogP contribution in [0, 0.1) is 11.3 Å². The summed E-state index contributed by atoms with van der Waals surface area (Å²) in [5.74, 6) is -0.686. The molecule has 1 aliphatic carbocycles. The quantitative estimate of drug-likeness (QED) is 0.409. The van der Waals surface area contributed by atoms with E-state index in [1.807, 2.05) is 0 Å². The smallest absolute Gasteiger partial charge is 0.307 e. The zero-order valence-corrected chi connectivity index (χ0v) is 17.7. The van der Waals surface area contributed by atoms with E-state index in [9.17, 15) is 19.6 Å². The summed E-state index contributed by atoms with van der Waals surface area (Å²) in [6.45, 7) is 0.107. The highest BCUT2D eigenvalue weighted by atomic mass is 32.2. The molecule has 1 heterocycles. The molecular weight excluding hydrogens is 404 g/mol. The Labute approximate surface area is 178 Å². The minimum absolute atomic E-state index is 0.0203. The summed E-state index contributed by atoms with van der Waals surface area (Å²) in [5.41, 5.74) is -0.550. The van der Waals surface area contributed by atoms with Gasteiger partial charge in [0.2, 0.25) is 5.91 Å². The zero-order chi connectivity index (χ0) is 21.6. The number of benzene rings is 1. The first-order valence-corrected chi connectivity index (χ1v) is 10.9. The van der Waals surface area contributed by atoms with Gasteiger partial charge in [0.05, 0.1) is 36.3 Å². The van der Waals surface area contributed by atoms with E-state index in [2.05, 4.69) is 21.1 Å². The molecule has 158 valence electrons. The highest BCUT2D eigenvalue weighted by molar-refractivity contribution is 7.99. The molecule has 1 amide bonds. The third kappa shape index (κ3) is 5.00. The van der Waals surface area contributed by atoms with Gasteiger partial charge >= 0.3 is 5.97 Å². The molecule has 1 aromatic heterocycles. The van der Waals surface area contributed by atoms with Crippen LogP contribution in [0.4, 0.5) is 0 Å². The minimum Gasteiger partial charge on any atom is -0.469 e. The Balaban J connectivity index is 1.80. The number of ether oxygens (including phenoxy) is 1. The Kier molecular flexibility index (Phi) is 7.11. The summed E-state index contributed by atoms with van der Waals surface area (Å²) in [6.07, 6.45) is 4.23. The van der Waals surface area contributed by atoms with Crippen molar-refractivity contribution in [3.05, 3.63) is 34.6 Å². The van der Waals surface area contributed by atoms with Crippen molar-refractivity contribution >= 4 is 34.5 Å².